The standard InChI is InChI=1S/C9H19NO5S/c1-7(11)9(2,3)10-16(14,15)6-4-5-8(12)13/h7,10-11H,4-6H2,1-3H3,(H,12,13). The molecule has 0 saturated carbocycles. The SMILES string of the molecule is CC(O)C(C)(C)NS(=O)(=O)CCCC(=O)O. The molecule has 0 amide bonds. The van der Waals surface area contributed by atoms with Crippen LogP contribution in [0.5, 0.6) is 0 Å². The lowest BCUT2D eigenvalue weighted by molar-refractivity contribution is -0.137. The number of aliphatic hydroxyl groups is 1. The van der Waals surface area contributed by atoms with Crippen molar-refractivity contribution >= 4 is 16.0 Å². The number of nitrogens with one attached hydrogen (secondary N) is 1. The quantitative estimate of drug-likeness (QED) is 0.589. The normalized spacial score (nSPS) is 14.8. The summed E-state index contributed by atoms with van der Waals surface area (Å²) in [6, 6.07) is 0. The Bertz CT molecular complexity index is 334. The topological polar surface area (TPSA) is 104 Å². The zero-order chi connectivity index (χ0) is 13.0. The smallest absolute Gasteiger partial charge is 0.303 e. The first kappa shape index (κ1) is 15.3. The molecule has 0 aromatic rings. The van der Waals surface area contributed by atoms with Crippen molar-refractivity contribution in [2.45, 2.75) is 45.3 Å². The molecule has 0 aliphatic carbocycles. The molecule has 0 bridgehead atoms. The van der Waals surface area contributed by atoms with Gasteiger partial charge in [-0.05, 0) is 27.2 Å². The van der Waals surface area contributed by atoms with Gasteiger partial charge in [-0.2, -0.15) is 0 Å². The molecule has 0 radical (unpaired) electrons. The van der Waals surface area contributed by atoms with Crippen molar-refractivity contribution in [1.82, 2.24) is 4.72 Å². The van der Waals surface area contributed by atoms with Crippen molar-refractivity contribution in [3.05, 3.63) is 0 Å². The molecule has 0 saturated heterocycles. The number of hydrogen-bond acceptors (Lipinski definition) is 4. The summed E-state index contributed by atoms with van der Waals surface area (Å²) in [5.74, 6) is -1.28. The highest BCUT2D eigenvalue weighted by Crippen LogP contribution is 2.10. The van der Waals surface area contributed by atoms with E-state index >= 15 is 0 Å². The average molecular weight is 253 g/mol. The van der Waals surface area contributed by atoms with Crippen molar-refractivity contribution < 1.29 is 23.4 Å². The zero-order valence-electron chi connectivity index (χ0n) is 9.73. The first-order chi connectivity index (χ1) is 7.07. The van der Waals surface area contributed by atoms with Crippen LogP contribution in [0.25, 0.3) is 0 Å². The lowest BCUT2D eigenvalue weighted by Gasteiger charge is -2.28. The number of carboxylic acid groups (broad SMARTS) is 1. The number of carbonyl (C=O) groups is 1. The Morgan fingerprint density at radius 2 is 1.94 bits per heavy atom. The summed E-state index contributed by atoms with van der Waals surface area (Å²) in [5.41, 5.74) is -0.956. The third-order valence-corrected chi connectivity index (χ3v) is 3.93. The van der Waals surface area contributed by atoms with Crippen LogP contribution in [-0.4, -0.2) is 42.0 Å². The van der Waals surface area contributed by atoms with E-state index in [1.165, 1.54) is 6.92 Å². The second-order valence-electron chi connectivity index (χ2n) is 4.32. The van der Waals surface area contributed by atoms with Gasteiger partial charge in [-0.25, -0.2) is 13.1 Å². The zero-order valence-corrected chi connectivity index (χ0v) is 10.5. The van der Waals surface area contributed by atoms with Gasteiger partial charge < -0.3 is 10.2 Å². The Kier molecular flexibility index (Phi) is 5.37. The van der Waals surface area contributed by atoms with Crippen LogP contribution in [0.2, 0.25) is 0 Å². The van der Waals surface area contributed by atoms with E-state index in [1.807, 2.05) is 0 Å². The number of carboxylic acids is 1. The highest BCUT2D eigenvalue weighted by molar-refractivity contribution is 7.89. The third kappa shape index (κ3) is 6.04. The van der Waals surface area contributed by atoms with Crippen LogP contribution in [-0.2, 0) is 14.8 Å². The van der Waals surface area contributed by atoms with E-state index in [-0.39, 0.29) is 18.6 Å². The highest BCUT2D eigenvalue weighted by atomic mass is 32.2. The molecule has 0 heterocycles. The van der Waals surface area contributed by atoms with Gasteiger partial charge in [-0.15, -0.1) is 0 Å². The largest absolute Gasteiger partial charge is 0.481 e. The van der Waals surface area contributed by atoms with Gasteiger partial charge in [0.15, 0.2) is 0 Å². The van der Waals surface area contributed by atoms with Gasteiger partial charge in [0.05, 0.1) is 17.4 Å². The van der Waals surface area contributed by atoms with Gasteiger partial charge in [0.25, 0.3) is 0 Å². The maximum absolute atomic E-state index is 11.5. The van der Waals surface area contributed by atoms with E-state index in [0.29, 0.717) is 0 Å². The fourth-order valence-electron chi connectivity index (χ4n) is 0.951. The molecule has 1 unspecified atom stereocenters. The van der Waals surface area contributed by atoms with Crippen LogP contribution in [0, 0.1) is 0 Å². The van der Waals surface area contributed by atoms with Crippen LogP contribution < -0.4 is 4.72 Å². The molecular weight excluding hydrogens is 234 g/mol. The summed E-state index contributed by atoms with van der Waals surface area (Å²) < 4.78 is 25.4. The summed E-state index contributed by atoms with van der Waals surface area (Å²) in [7, 11) is -3.55. The van der Waals surface area contributed by atoms with Crippen LogP contribution in [0.1, 0.15) is 33.6 Å². The minimum Gasteiger partial charge on any atom is -0.481 e. The van der Waals surface area contributed by atoms with Gasteiger partial charge >= 0.3 is 5.97 Å². The fraction of sp³-hybridized carbons (Fsp3) is 0.889. The highest BCUT2D eigenvalue weighted by Gasteiger charge is 2.29. The summed E-state index contributed by atoms with van der Waals surface area (Å²) >= 11 is 0. The van der Waals surface area contributed by atoms with Gasteiger partial charge in [0.2, 0.25) is 10.0 Å². The first-order valence-electron chi connectivity index (χ1n) is 4.98. The second-order valence-corrected chi connectivity index (χ2v) is 6.16. The lowest BCUT2D eigenvalue weighted by atomic mass is 10.0. The van der Waals surface area contributed by atoms with Gasteiger partial charge in [0, 0.05) is 6.42 Å². The fourth-order valence-corrected chi connectivity index (χ4v) is 2.55. The van der Waals surface area contributed by atoms with E-state index < -0.39 is 27.6 Å². The van der Waals surface area contributed by atoms with Gasteiger partial charge in [-0.3, -0.25) is 4.79 Å². The Labute approximate surface area is 95.7 Å². The summed E-state index contributed by atoms with van der Waals surface area (Å²) in [6.45, 7) is 4.61. The molecule has 0 spiro atoms. The number of sulfonamides is 1. The maximum Gasteiger partial charge on any atom is 0.303 e. The van der Waals surface area contributed by atoms with E-state index in [2.05, 4.69) is 4.72 Å². The number of aliphatic hydroxyl groups excluding tert-OH is 1. The van der Waals surface area contributed by atoms with Crippen LogP contribution in [0.15, 0.2) is 0 Å². The third-order valence-electron chi connectivity index (χ3n) is 2.27. The summed E-state index contributed by atoms with van der Waals surface area (Å²) in [5, 5.41) is 17.7. The Morgan fingerprint density at radius 3 is 2.31 bits per heavy atom. The molecule has 0 fully saturated rings. The molecule has 0 aliphatic rings. The van der Waals surface area contributed by atoms with Crippen molar-refractivity contribution in [1.29, 1.82) is 0 Å². The molecule has 16 heavy (non-hydrogen) atoms. The van der Waals surface area contributed by atoms with E-state index in [9.17, 15) is 18.3 Å². The van der Waals surface area contributed by atoms with E-state index in [4.69, 9.17) is 5.11 Å². The molecule has 6 nitrogen and oxygen atoms in total. The van der Waals surface area contributed by atoms with Gasteiger partial charge in [-0.1, -0.05) is 0 Å². The molecule has 3 N–H and O–H groups in total. The lowest BCUT2D eigenvalue weighted by Crippen LogP contribution is -2.51. The number of rotatable bonds is 7. The molecule has 1 atom stereocenters. The number of aliphatic carboxylic acids is 1. The van der Waals surface area contributed by atoms with Crippen LogP contribution in [0.3, 0.4) is 0 Å². The molecule has 0 aromatic carbocycles. The second kappa shape index (κ2) is 5.60. The average Bonchev–Trinajstić information content (AvgIpc) is 1.99. The number of hydrogen-bond donors (Lipinski definition) is 3. The van der Waals surface area contributed by atoms with Crippen molar-refractivity contribution in [2.24, 2.45) is 0 Å². The Hall–Kier alpha value is -0.660. The predicted octanol–water partition coefficient (Wildman–Crippen LogP) is -0.0700. The Morgan fingerprint density at radius 1 is 1.44 bits per heavy atom. The molecule has 7 heteroatoms. The van der Waals surface area contributed by atoms with Crippen molar-refractivity contribution in [3.63, 3.8) is 0 Å². The minimum atomic E-state index is -3.55. The Balaban J connectivity index is 4.31. The molecule has 0 rings (SSSR count). The van der Waals surface area contributed by atoms with Crippen LogP contribution in [0.4, 0.5) is 0 Å². The minimum absolute atomic E-state index is 0.0561. The molecule has 0 aromatic heterocycles. The summed E-state index contributed by atoms with van der Waals surface area (Å²) in [4.78, 5) is 10.2. The van der Waals surface area contributed by atoms with E-state index in [0.717, 1.165) is 0 Å². The monoisotopic (exact) mass is 253 g/mol. The first-order valence-corrected chi connectivity index (χ1v) is 6.63. The predicted molar refractivity (Wildman–Crippen MR) is 59.6 cm³/mol. The van der Waals surface area contributed by atoms with Crippen LogP contribution >= 0.6 is 0 Å². The molecule has 96 valence electrons. The maximum atomic E-state index is 11.5. The molecular formula is C9H19NO5S. The summed E-state index contributed by atoms with van der Waals surface area (Å²) in [6.07, 6.45) is -0.960. The molecule has 0 aliphatic heterocycles. The van der Waals surface area contributed by atoms with Gasteiger partial charge in [0.1, 0.15) is 0 Å². The van der Waals surface area contributed by atoms with Crippen molar-refractivity contribution in [2.75, 3.05) is 5.75 Å². The van der Waals surface area contributed by atoms with Crippen molar-refractivity contribution in [3.8, 4) is 0 Å². The van der Waals surface area contributed by atoms with E-state index in [1.54, 1.807) is 13.8 Å².